The third-order valence-corrected chi connectivity index (χ3v) is 20.7. The monoisotopic (exact) mass is 1280 g/mol. The molecule has 0 saturated carbocycles. The van der Waals surface area contributed by atoms with Crippen molar-refractivity contribution in [2.45, 2.75) is 10.8 Å². The van der Waals surface area contributed by atoms with Crippen LogP contribution >= 0.6 is 0 Å². The van der Waals surface area contributed by atoms with Crippen LogP contribution in [0.2, 0.25) is 0 Å². The van der Waals surface area contributed by atoms with Crippen molar-refractivity contribution in [3.05, 3.63) is 390 Å². The Bertz CT molecular complexity index is 5880. The van der Waals surface area contributed by atoms with Crippen LogP contribution in [-0.2, 0) is 10.8 Å². The zero-order valence-electron chi connectivity index (χ0n) is 54.0. The van der Waals surface area contributed by atoms with Crippen molar-refractivity contribution in [3.8, 4) is 147 Å². The average Bonchev–Trinajstić information content (AvgIpc) is 1.49. The number of nitrogens with zero attached hydrogens (tertiary/aromatic N) is 5. The summed E-state index contributed by atoms with van der Waals surface area (Å²) in [6.07, 6.45) is 0. The summed E-state index contributed by atoms with van der Waals surface area (Å²) in [6, 6.07) is 123. The van der Waals surface area contributed by atoms with Gasteiger partial charge in [0.15, 0.2) is 23.3 Å². The van der Waals surface area contributed by atoms with Gasteiger partial charge in [0.05, 0.1) is 22.2 Å². The lowest BCUT2D eigenvalue weighted by atomic mass is 9.66. The molecule has 7 heteroatoms. The highest BCUT2D eigenvalue weighted by atomic mass is 16.5. The van der Waals surface area contributed by atoms with E-state index in [-0.39, 0.29) is 0 Å². The van der Waals surface area contributed by atoms with Gasteiger partial charge in [-0.1, -0.05) is 297 Å². The van der Waals surface area contributed by atoms with Crippen molar-refractivity contribution >= 4 is 0 Å². The number of hydrogen-bond acceptors (Lipinski definition) is 7. The number of hydrogen-bond donors (Lipinski definition) is 0. The fraction of sp³-hybridized carbons (Fsp3) is 0.0215. The van der Waals surface area contributed by atoms with Crippen LogP contribution in [-0.4, -0.2) is 24.9 Å². The molecule has 16 aromatic rings. The van der Waals surface area contributed by atoms with Gasteiger partial charge in [0.1, 0.15) is 23.0 Å². The Morgan fingerprint density at radius 2 is 0.450 bits per heavy atom. The number of ether oxygens (including phenoxy) is 2. The highest BCUT2D eigenvalue weighted by Crippen LogP contribution is 2.64. The van der Waals surface area contributed by atoms with Crippen molar-refractivity contribution in [1.29, 1.82) is 0 Å². The molecule has 0 radical (unpaired) electrons. The molecule has 0 bridgehead atoms. The van der Waals surface area contributed by atoms with Crippen LogP contribution < -0.4 is 9.47 Å². The number of para-hydroxylation sites is 4. The van der Waals surface area contributed by atoms with Crippen LogP contribution in [0.15, 0.2) is 346 Å². The first-order valence-corrected chi connectivity index (χ1v) is 33.9. The Hall–Kier alpha value is -13.2. The number of rotatable bonds is 9. The van der Waals surface area contributed by atoms with Crippen molar-refractivity contribution in [2.75, 3.05) is 0 Å². The van der Waals surface area contributed by atoms with Gasteiger partial charge < -0.3 is 9.47 Å². The quantitative estimate of drug-likeness (QED) is 0.142. The second kappa shape index (κ2) is 22.7. The molecule has 2 aromatic heterocycles. The van der Waals surface area contributed by atoms with E-state index in [2.05, 4.69) is 334 Å². The minimum Gasteiger partial charge on any atom is -0.457 e. The first kappa shape index (κ1) is 57.1. The predicted octanol–water partition coefficient (Wildman–Crippen LogP) is 22.6. The van der Waals surface area contributed by atoms with Gasteiger partial charge >= 0.3 is 0 Å². The average molecular weight is 1280 g/mol. The highest BCUT2D eigenvalue weighted by molar-refractivity contribution is 5.92. The minimum absolute atomic E-state index is 0.580. The van der Waals surface area contributed by atoms with E-state index < -0.39 is 10.8 Å². The highest BCUT2D eigenvalue weighted by Gasteiger charge is 2.53. The molecule has 14 aromatic carbocycles. The number of fused-ring (bicyclic) bond motifs is 18. The van der Waals surface area contributed by atoms with Crippen molar-refractivity contribution < 1.29 is 9.47 Å². The molecule has 0 fully saturated rings. The molecule has 0 amide bonds. The summed E-state index contributed by atoms with van der Waals surface area (Å²) in [7, 11) is 0. The third-order valence-electron chi connectivity index (χ3n) is 20.7. The van der Waals surface area contributed by atoms with Gasteiger partial charge in [0.25, 0.3) is 0 Å². The molecule has 2 aliphatic heterocycles. The summed E-state index contributed by atoms with van der Waals surface area (Å²) in [5.41, 5.74) is 26.6. The van der Waals surface area contributed by atoms with E-state index in [4.69, 9.17) is 34.4 Å². The normalized spacial score (nSPS) is 13.3. The fourth-order valence-corrected chi connectivity index (χ4v) is 16.2. The summed E-state index contributed by atoms with van der Waals surface area (Å²) in [5, 5.41) is 0. The van der Waals surface area contributed by atoms with Gasteiger partial charge in [-0.15, -0.1) is 0 Å². The zero-order chi connectivity index (χ0) is 65.9. The Balaban J connectivity index is 0.643. The van der Waals surface area contributed by atoms with Crippen LogP contribution in [0.3, 0.4) is 0 Å². The second-order valence-electron chi connectivity index (χ2n) is 26.1. The van der Waals surface area contributed by atoms with Crippen molar-refractivity contribution in [3.63, 3.8) is 0 Å². The second-order valence-corrected chi connectivity index (χ2v) is 26.1. The Morgan fingerprint density at radius 1 is 0.170 bits per heavy atom. The van der Waals surface area contributed by atoms with E-state index in [1.165, 1.54) is 38.9 Å². The largest absolute Gasteiger partial charge is 0.457 e. The molecule has 4 heterocycles. The molecule has 20 rings (SSSR count). The van der Waals surface area contributed by atoms with Gasteiger partial charge in [-0.25, -0.2) is 24.9 Å². The molecule has 100 heavy (non-hydrogen) atoms. The van der Waals surface area contributed by atoms with Gasteiger partial charge in [-0.05, 0) is 126 Å². The Morgan fingerprint density at radius 3 is 0.900 bits per heavy atom. The van der Waals surface area contributed by atoms with E-state index in [9.17, 15) is 0 Å². The number of benzene rings is 14. The summed E-state index contributed by atoms with van der Waals surface area (Å²) < 4.78 is 13.3. The van der Waals surface area contributed by atoms with Gasteiger partial charge in [-0.3, -0.25) is 0 Å². The summed E-state index contributed by atoms with van der Waals surface area (Å²) in [4.78, 5) is 26.9. The molecule has 466 valence electrons. The lowest BCUT2D eigenvalue weighted by Crippen LogP contribution is -2.32. The molecule has 2 spiro atoms. The van der Waals surface area contributed by atoms with Crippen molar-refractivity contribution in [2.24, 2.45) is 0 Å². The summed E-state index contributed by atoms with van der Waals surface area (Å²) in [6.45, 7) is 0. The number of aromatic nitrogens is 5. The first-order chi connectivity index (χ1) is 49.5. The topological polar surface area (TPSA) is 82.9 Å². The van der Waals surface area contributed by atoms with Crippen molar-refractivity contribution in [1.82, 2.24) is 24.9 Å². The molecule has 0 atom stereocenters. The van der Waals surface area contributed by atoms with Gasteiger partial charge in [0, 0.05) is 55.6 Å². The zero-order valence-corrected chi connectivity index (χ0v) is 54.0. The smallest absolute Gasteiger partial charge is 0.164 e. The lowest BCUT2D eigenvalue weighted by molar-refractivity contribution is 0.436. The lowest BCUT2D eigenvalue weighted by Gasteiger charge is -2.39. The standard InChI is InChI=1S/C93H57N5O2/c1-3-20-58(21-4-1)59-44-48-65(49-45-59)88-96-90(98-91(97-88)69-51-53-73-71-27-8-10-29-75(71)93(81(73)56-69)78-32-13-17-36-86(78)100-87-37-18-14-33-79(87)93)67-25-19-24-66(54-67)62-40-38-60(39-41-62)61-42-46-64(47-43-61)83-57-82(63-22-5-2-6-23-63)94-89(95-83)68-50-52-72-70-26-7-9-28-74(70)92(80(72)55-68)76-30-11-15-34-84(76)99-85-35-16-12-31-77(85)92/h1-57H. The predicted molar refractivity (Wildman–Crippen MR) is 399 cm³/mol. The maximum Gasteiger partial charge on any atom is 0.164 e. The molecule has 2 aliphatic carbocycles. The van der Waals surface area contributed by atoms with E-state index in [0.717, 1.165) is 129 Å². The van der Waals surface area contributed by atoms with E-state index >= 15 is 0 Å². The molecule has 0 unspecified atom stereocenters. The molecule has 7 nitrogen and oxygen atoms in total. The van der Waals surface area contributed by atoms with E-state index in [1.54, 1.807) is 0 Å². The van der Waals surface area contributed by atoms with Crippen LogP contribution in [0.1, 0.15) is 44.5 Å². The van der Waals surface area contributed by atoms with Gasteiger partial charge in [0.2, 0.25) is 0 Å². The molecule has 0 N–H and O–H groups in total. The SMILES string of the molecule is c1ccc(-c2ccc(-c3nc(-c4cccc(-c5ccc(-c6ccc(-c7cc(-c8ccccc8)nc(-c8ccc9c(c8)C8(c%10ccccc%10Oc%10ccccc%108)c8ccccc8-9)n7)cc6)cc5)c4)nc(-c4ccc5c(c4)C4(c6ccccc6Oc6ccccc64)c4ccccc4-5)n3)cc2)cc1. The van der Waals surface area contributed by atoms with Crippen LogP contribution in [0, 0.1) is 0 Å². The summed E-state index contributed by atoms with van der Waals surface area (Å²) >= 11 is 0. The Kier molecular flexibility index (Phi) is 13.0. The van der Waals surface area contributed by atoms with Gasteiger partial charge in [-0.2, -0.15) is 0 Å². The fourth-order valence-electron chi connectivity index (χ4n) is 16.2. The molecule has 0 saturated heterocycles. The Labute approximate surface area is 578 Å². The van der Waals surface area contributed by atoms with E-state index in [0.29, 0.717) is 23.3 Å². The van der Waals surface area contributed by atoms with Crippen LogP contribution in [0.4, 0.5) is 0 Å². The van der Waals surface area contributed by atoms with Crippen LogP contribution in [0.5, 0.6) is 23.0 Å². The van der Waals surface area contributed by atoms with Crippen LogP contribution in [0.25, 0.3) is 124 Å². The first-order valence-electron chi connectivity index (χ1n) is 33.9. The van der Waals surface area contributed by atoms with E-state index in [1.807, 2.05) is 12.1 Å². The molecular formula is C93H57N5O2. The third kappa shape index (κ3) is 8.88. The summed E-state index contributed by atoms with van der Waals surface area (Å²) in [5.74, 6) is 5.81. The minimum atomic E-state index is -0.651. The molecular weight excluding hydrogens is 1220 g/mol. The maximum atomic E-state index is 6.69. The maximum absolute atomic E-state index is 6.69. The molecule has 4 aliphatic rings.